The van der Waals surface area contributed by atoms with Crippen molar-refractivity contribution in [1.82, 2.24) is 0 Å². The van der Waals surface area contributed by atoms with Crippen molar-refractivity contribution in [3.63, 3.8) is 0 Å². The van der Waals surface area contributed by atoms with Gasteiger partial charge in [0.25, 0.3) is 0 Å². The van der Waals surface area contributed by atoms with Gasteiger partial charge in [-0.3, -0.25) is 4.79 Å². The lowest BCUT2D eigenvalue weighted by Gasteiger charge is -2.38. The van der Waals surface area contributed by atoms with Crippen LogP contribution in [-0.4, -0.2) is 130 Å². The number of rotatable bonds is 15. The van der Waals surface area contributed by atoms with E-state index in [2.05, 4.69) is 0 Å². The number of hydrogen-bond donors (Lipinski definition) is 6. The van der Waals surface area contributed by atoms with E-state index >= 15 is 0 Å². The fourth-order valence-electron chi connectivity index (χ4n) is 11.0. The van der Waals surface area contributed by atoms with E-state index in [4.69, 9.17) is 92.9 Å². The molecule has 11 rings (SSSR count). The molecule has 129 heavy (non-hydrogen) atoms. The number of hydrogen-bond acceptors (Lipinski definition) is 22. The summed E-state index contributed by atoms with van der Waals surface area (Å²) in [5.41, 5.74) is 6.34. The molecule has 0 saturated carbocycles. The molecule has 0 unspecified atom stereocenters. The monoisotopic (exact) mass is 1800 g/mol. The maximum Gasteiger partial charge on any atom is 0.411 e. The highest BCUT2D eigenvalue weighted by atomic mass is 32.2. The minimum atomic E-state index is -5.74. The minimum Gasteiger partial charge on any atom is -0.478 e. The number of carbonyl (C=O) groups is 7. The predicted molar refractivity (Wildman–Crippen MR) is 440 cm³/mol. The second-order valence-electron chi connectivity index (χ2n) is 26.6. The summed E-state index contributed by atoms with van der Waals surface area (Å²) in [7, 11) is -3.69. The summed E-state index contributed by atoms with van der Waals surface area (Å²) in [5, 5.41) is 54.0. The van der Waals surface area contributed by atoms with Gasteiger partial charge in [0, 0.05) is 11.1 Å². The van der Waals surface area contributed by atoms with E-state index in [0.29, 0.717) is 62.6 Å². The Hall–Kier alpha value is -16.5. The Balaban J connectivity index is 0.00000148. The van der Waals surface area contributed by atoms with Gasteiger partial charge in [0.15, 0.2) is 5.78 Å². The topological polar surface area (TPSA) is 489 Å². The Morgan fingerprint density at radius 1 is 0.264 bits per heavy atom. The first-order valence-corrected chi connectivity index (χ1v) is 37.8. The average molecular weight is 1800 g/mol. The highest BCUT2D eigenvalue weighted by Gasteiger charge is 2.72. The summed E-state index contributed by atoms with van der Waals surface area (Å²) in [4.78, 5) is 176. The maximum absolute atomic E-state index is 13.9. The molecule has 28 nitrogen and oxygen atoms in total. The summed E-state index contributed by atoms with van der Waals surface area (Å²) >= 11 is 0. The highest BCUT2D eigenvalue weighted by molar-refractivity contribution is 7.91. The third kappa shape index (κ3) is 35.7. The predicted octanol–water partition coefficient (Wildman–Crippen LogP) is 17.4. The number of aryl methyl sites for hydroxylation is 12. The third-order valence-electron chi connectivity index (χ3n) is 17.5. The molecule has 0 heterocycles. The van der Waals surface area contributed by atoms with Crippen LogP contribution in [0.3, 0.4) is 0 Å². The molecule has 0 fully saturated rings. The molecule has 35 heteroatoms. The van der Waals surface area contributed by atoms with Crippen LogP contribution < -0.4 is 4.74 Å². The number of alkyl halides is 6. The van der Waals surface area contributed by atoms with Crippen molar-refractivity contribution in [2.24, 2.45) is 0 Å². The van der Waals surface area contributed by atoms with Crippen molar-refractivity contribution in [2.75, 3.05) is 0 Å². The van der Waals surface area contributed by atoms with Gasteiger partial charge in [0.05, 0.1) is 43.2 Å². The number of carboxylic acids is 6. The number of benzene rings is 11. The first-order valence-electron chi connectivity index (χ1n) is 36.3. The SMILES string of the molecule is Cc1ccc(-c2ccc(C)c(C(=O)O)c2)cc1.Cc1ccc(C(=O)c2ccc(C)c(C(=O)O)c2)cc1.Cc1ccc(C(c2ccc(C)c(C(=O)O)c2)(C(F)(F)F)C(F)(F)F)cc1.Cc1ccc(C)c(C(=O)O)c1.Cc1ccc(Oc2ccc(C)c(C(=O)O)c2)cc1.Cc1ccc(S(=O)(=O)c2ccc(C)c(C(=O)O)c2)cc1.O=C=O.O=C=O.O=C=O.O=C=O.O=C=O.O=C=O. The smallest absolute Gasteiger partial charge is 0.411 e. The van der Waals surface area contributed by atoms with Gasteiger partial charge in [-0.1, -0.05) is 191 Å². The zero-order valence-electron chi connectivity index (χ0n) is 70.3. The standard InChI is InChI=1S/C18H14F6O2.C16H14O3.C15H14O4S.C15H14O3.C15H14O2.C9H10O2.6CO2/c1-10-3-6-12(7-4-10)16(17(19,20)21,18(22,23)24)13-8-5-11(2)14(9-13)15(25)26;1-10-3-6-12(7-4-10)15(17)13-8-5-11(2)14(9-13)16(18)19;1-10-3-6-12(7-4-10)20(18,19)13-8-5-11(2)14(9-13)15(16)17;1-10-3-6-12(7-4-10)18-13-8-5-11(2)14(9-13)15(16)17;1-10-3-6-12(7-4-10)13-8-5-11(2)14(9-13)15(16)17;1-6-3-4-7(2)8(5-6)9(10)11;6*2-1-3/h3-9H,1-2H3,(H,25,26);3-9H,1-2H3,(H,18,19);3-9H,1-2H3,(H,16,17);3-9H,1-2H3,(H,16,17);3-9H,1-2H3,(H,16,17);3-5H,1-2H3,(H,10,11);;;;;;. The van der Waals surface area contributed by atoms with Gasteiger partial charge in [-0.25, -0.2) is 37.2 Å². The molecule has 0 aliphatic carbocycles. The number of ketones is 1. The molecule has 0 bridgehead atoms. The minimum absolute atomic E-state index is 0.00168. The fourth-order valence-corrected chi connectivity index (χ4v) is 12.3. The van der Waals surface area contributed by atoms with Crippen LogP contribution in [0.1, 0.15) is 156 Å². The Labute approximate surface area is 732 Å². The van der Waals surface area contributed by atoms with Crippen molar-refractivity contribution >= 4 is 88.3 Å². The van der Waals surface area contributed by atoms with Crippen LogP contribution in [0, 0.1) is 83.1 Å². The third-order valence-corrected chi connectivity index (χ3v) is 19.3. The van der Waals surface area contributed by atoms with Gasteiger partial charge < -0.3 is 35.4 Å². The van der Waals surface area contributed by atoms with E-state index in [-0.39, 0.29) is 74.7 Å². The molecule has 0 saturated heterocycles. The molecular formula is C94H80F6O28S. The largest absolute Gasteiger partial charge is 0.478 e. The van der Waals surface area contributed by atoms with Gasteiger partial charge in [0.1, 0.15) is 11.5 Å². The van der Waals surface area contributed by atoms with Crippen molar-refractivity contribution in [2.45, 2.75) is 111 Å². The quantitative estimate of drug-likeness (QED) is 0.0410. The Morgan fingerprint density at radius 2 is 0.519 bits per heavy atom. The summed E-state index contributed by atoms with van der Waals surface area (Å²) in [6.45, 7) is 21.3. The first kappa shape index (κ1) is 113. The molecular weight excluding hydrogens is 1720 g/mol. The lowest BCUT2D eigenvalue weighted by atomic mass is 9.72. The molecule has 11 aromatic rings. The van der Waals surface area contributed by atoms with Crippen molar-refractivity contribution in [3.05, 3.63) is 353 Å². The number of halogens is 6. The molecule has 0 radical (unpaired) electrons. The summed E-state index contributed by atoms with van der Waals surface area (Å²) in [6.07, 6.45) is -9.99. The van der Waals surface area contributed by atoms with Crippen molar-refractivity contribution in [3.8, 4) is 22.6 Å². The van der Waals surface area contributed by atoms with E-state index < -0.39 is 80.1 Å². The van der Waals surface area contributed by atoms with Gasteiger partial charge >= 0.3 is 85.1 Å². The normalized spacial score (nSPS) is 9.81. The Bertz CT molecular complexity index is 5920. The Morgan fingerprint density at radius 3 is 0.907 bits per heavy atom. The van der Waals surface area contributed by atoms with Crippen LogP contribution >= 0.6 is 0 Å². The van der Waals surface area contributed by atoms with E-state index in [1.807, 2.05) is 126 Å². The van der Waals surface area contributed by atoms with E-state index in [0.717, 1.165) is 80.4 Å². The molecule has 0 amide bonds. The van der Waals surface area contributed by atoms with Crippen molar-refractivity contribution < 1.29 is 161 Å². The zero-order chi connectivity index (χ0) is 99.0. The maximum atomic E-state index is 13.9. The molecule has 0 aliphatic heterocycles. The molecule has 0 atom stereocenters. The number of carboxylic acid groups (broad SMARTS) is 6. The van der Waals surface area contributed by atoms with Gasteiger partial charge in [-0.15, -0.1) is 0 Å². The number of carbonyl (C=O) groups excluding carboxylic acids is 13. The van der Waals surface area contributed by atoms with Crippen LogP contribution in [0.2, 0.25) is 0 Å². The summed E-state index contributed by atoms with van der Waals surface area (Å²) in [5.74, 6) is -5.37. The molecule has 0 aromatic heterocycles. The molecule has 672 valence electrons. The summed E-state index contributed by atoms with van der Waals surface area (Å²) < 4.78 is 114. The first-order chi connectivity index (χ1) is 60.4. The van der Waals surface area contributed by atoms with Crippen LogP contribution in [0.5, 0.6) is 11.5 Å². The fraction of sp³-hybridized carbons (Fsp3) is 0.160. The summed E-state index contributed by atoms with van der Waals surface area (Å²) in [6, 6.07) is 60.1. The molecule has 11 aromatic carbocycles. The lowest BCUT2D eigenvalue weighted by Crippen LogP contribution is -2.54. The molecule has 0 spiro atoms. The second kappa shape index (κ2) is 54.9. The number of ether oxygens (including phenoxy) is 1. The molecule has 6 N–H and O–H groups in total. The average Bonchev–Trinajstić information content (AvgIpc) is 0.713. The number of aromatic carboxylic acids is 6. The van der Waals surface area contributed by atoms with Gasteiger partial charge in [-0.2, -0.15) is 83.9 Å². The van der Waals surface area contributed by atoms with Gasteiger partial charge in [0.2, 0.25) is 15.3 Å². The van der Waals surface area contributed by atoms with E-state index in [1.54, 1.807) is 88.4 Å². The van der Waals surface area contributed by atoms with Crippen LogP contribution in [0.15, 0.2) is 240 Å². The van der Waals surface area contributed by atoms with Gasteiger partial charge in [-0.05, 0) is 212 Å². The van der Waals surface area contributed by atoms with E-state index in [1.165, 1.54) is 61.9 Å². The van der Waals surface area contributed by atoms with Crippen LogP contribution in [0.4, 0.5) is 26.3 Å². The zero-order valence-corrected chi connectivity index (χ0v) is 71.1. The van der Waals surface area contributed by atoms with Crippen molar-refractivity contribution in [1.29, 1.82) is 0 Å². The highest BCUT2D eigenvalue weighted by Crippen LogP contribution is 2.56. The lowest BCUT2D eigenvalue weighted by molar-refractivity contribution is -0.288. The Kier molecular flexibility index (Phi) is 47.9. The second-order valence-corrected chi connectivity index (χ2v) is 28.5. The van der Waals surface area contributed by atoms with Crippen LogP contribution in [-0.2, 0) is 72.8 Å². The number of sulfone groups is 1. The molecule has 0 aliphatic rings. The van der Waals surface area contributed by atoms with E-state index in [9.17, 15) is 68.3 Å². The van der Waals surface area contributed by atoms with Crippen LogP contribution in [0.25, 0.3) is 11.1 Å².